The third-order valence-corrected chi connectivity index (χ3v) is 5.57. The highest BCUT2D eigenvalue weighted by molar-refractivity contribution is 6.31. The first-order chi connectivity index (χ1) is 13.5. The summed E-state index contributed by atoms with van der Waals surface area (Å²) in [6.07, 6.45) is 2.28. The number of fused-ring (bicyclic) bond motifs is 2. The monoisotopic (exact) mass is 525 g/mol. The third-order valence-electron chi connectivity index (χ3n) is 5.34. The molecule has 0 fully saturated rings. The van der Waals surface area contributed by atoms with Crippen molar-refractivity contribution in [2.24, 2.45) is 0 Å². The minimum absolute atomic E-state index is 0. The topological polar surface area (TPSA) is 132 Å². The maximum Gasteiger partial charge on any atom is 0.119 e. The van der Waals surface area contributed by atoms with Crippen molar-refractivity contribution in [3.8, 4) is 5.75 Å². The van der Waals surface area contributed by atoms with Crippen molar-refractivity contribution in [1.82, 2.24) is 9.88 Å². The van der Waals surface area contributed by atoms with E-state index in [0.29, 0.717) is 11.1 Å². The number of benzene rings is 2. The Labute approximate surface area is 213 Å². The maximum absolute atomic E-state index is 6.22. The summed E-state index contributed by atoms with van der Waals surface area (Å²) in [4.78, 5) is 7.27. The van der Waals surface area contributed by atoms with Gasteiger partial charge in [-0.1, -0.05) is 25.4 Å². The van der Waals surface area contributed by atoms with Crippen LogP contribution in [0.4, 0.5) is 5.69 Å². The second-order valence-corrected chi connectivity index (χ2v) is 7.68. The Morgan fingerprint density at radius 2 is 1.64 bits per heavy atom. The first kappa shape index (κ1) is 36.0. The Balaban J connectivity index is -0.00000180. The van der Waals surface area contributed by atoms with Crippen LogP contribution in [0.15, 0.2) is 36.4 Å². The van der Waals surface area contributed by atoms with Crippen LogP contribution in [0.5, 0.6) is 5.75 Å². The zero-order chi connectivity index (χ0) is 20.1. The van der Waals surface area contributed by atoms with Gasteiger partial charge in [-0.3, -0.25) is 0 Å². The van der Waals surface area contributed by atoms with Crippen molar-refractivity contribution >= 4 is 63.9 Å². The Morgan fingerprint density at radius 3 is 2.24 bits per heavy atom. The number of hydrogen-bond donors (Lipinski definition) is 1. The normalized spacial score (nSPS) is 10.7. The number of anilines is 1. The lowest BCUT2D eigenvalue weighted by Gasteiger charge is -2.22. The van der Waals surface area contributed by atoms with Crippen LogP contribution in [0.25, 0.3) is 21.8 Å². The Bertz CT molecular complexity index is 959. The average molecular weight is 527 g/mol. The summed E-state index contributed by atoms with van der Waals surface area (Å²) < 4.78 is 5.45. The number of ether oxygens (including phenoxy) is 1. The van der Waals surface area contributed by atoms with Gasteiger partial charge in [0.2, 0.25) is 0 Å². The van der Waals surface area contributed by atoms with E-state index in [0.717, 1.165) is 59.3 Å². The molecule has 0 saturated heterocycles. The van der Waals surface area contributed by atoms with Crippen LogP contribution >= 0.6 is 36.4 Å². The van der Waals surface area contributed by atoms with E-state index in [1.165, 1.54) is 6.42 Å². The molecule has 0 spiro atoms. The molecule has 0 saturated carbocycles. The van der Waals surface area contributed by atoms with E-state index in [-0.39, 0.29) is 41.2 Å². The van der Waals surface area contributed by atoms with Gasteiger partial charge in [0.25, 0.3) is 0 Å². The molecular formula is C23H38Cl3N3O4. The number of nitrogens with zero attached hydrogens (tertiary/aromatic N) is 2. The molecule has 0 aliphatic carbocycles. The minimum atomic E-state index is 0. The van der Waals surface area contributed by atoms with Gasteiger partial charge in [0.1, 0.15) is 5.75 Å². The molecule has 1 atom stereocenters. The van der Waals surface area contributed by atoms with Gasteiger partial charge in [0.15, 0.2) is 0 Å². The van der Waals surface area contributed by atoms with Gasteiger partial charge in [-0.15, -0.1) is 24.8 Å². The average Bonchev–Trinajstić information content (AvgIpc) is 2.70. The van der Waals surface area contributed by atoms with E-state index >= 15 is 0 Å². The molecule has 7 nitrogen and oxygen atoms in total. The second-order valence-electron chi connectivity index (χ2n) is 7.25. The fourth-order valence-corrected chi connectivity index (χ4v) is 3.82. The van der Waals surface area contributed by atoms with Crippen LogP contribution in [-0.4, -0.2) is 59.1 Å². The number of methoxy groups -OCH3 is 1. The van der Waals surface area contributed by atoms with Crippen molar-refractivity contribution in [1.29, 1.82) is 0 Å². The highest BCUT2D eigenvalue weighted by Gasteiger charge is 2.13. The molecule has 1 heterocycles. The molecule has 7 N–H and O–H groups in total. The van der Waals surface area contributed by atoms with Crippen LogP contribution in [0.1, 0.15) is 33.6 Å². The molecule has 1 aromatic heterocycles. The van der Waals surface area contributed by atoms with E-state index in [4.69, 9.17) is 21.3 Å². The van der Waals surface area contributed by atoms with Crippen LogP contribution in [0.3, 0.4) is 0 Å². The lowest BCUT2D eigenvalue weighted by molar-refractivity contribution is 0.295. The summed E-state index contributed by atoms with van der Waals surface area (Å²) in [5, 5.41) is 6.61. The van der Waals surface area contributed by atoms with Crippen LogP contribution < -0.4 is 10.1 Å². The highest BCUT2D eigenvalue weighted by atomic mass is 35.5. The highest BCUT2D eigenvalue weighted by Crippen LogP contribution is 2.34. The molecule has 10 heteroatoms. The predicted octanol–water partition coefficient (Wildman–Crippen LogP) is 4.34. The zero-order valence-electron chi connectivity index (χ0n) is 19.6. The predicted molar refractivity (Wildman–Crippen MR) is 146 cm³/mol. The smallest absolute Gasteiger partial charge is 0.119 e. The van der Waals surface area contributed by atoms with Crippen molar-refractivity contribution in [3.05, 3.63) is 41.4 Å². The first-order valence-electron chi connectivity index (χ1n) is 10.1. The summed E-state index contributed by atoms with van der Waals surface area (Å²) in [5.74, 6) is 0.833. The summed E-state index contributed by atoms with van der Waals surface area (Å²) in [6.45, 7) is 10.0. The second kappa shape index (κ2) is 16.9. The molecule has 1 unspecified atom stereocenters. The van der Waals surface area contributed by atoms with Gasteiger partial charge >= 0.3 is 0 Å². The summed E-state index contributed by atoms with van der Waals surface area (Å²) in [7, 11) is 1.69. The van der Waals surface area contributed by atoms with Crippen molar-refractivity contribution in [2.75, 3.05) is 32.1 Å². The molecule has 0 aliphatic rings. The van der Waals surface area contributed by atoms with Gasteiger partial charge in [-0.2, -0.15) is 0 Å². The molecule has 0 aliphatic heterocycles. The van der Waals surface area contributed by atoms with Gasteiger partial charge in [-0.25, -0.2) is 4.98 Å². The fraction of sp³-hybridized carbons (Fsp3) is 0.435. The van der Waals surface area contributed by atoms with Crippen molar-refractivity contribution < 1.29 is 21.2 Å². The third kappa shape index (κ3) is 8.94. The van der Waals surface area contributed by atoms with Crippen LogP contribution in [0, 0.1) is 0 Å². The van der Waals surface area contributed by atoms with Gasteiger partial charge < -0.3 is 31.4 Å². The summed E-state index contributed by atoms with van der Waals surface area (Å²) >= 11 is 6.22. The van der Waals surface area contributed by atoms with E-state index in [1.54, 1.807) is 7.11 Å². The van der Waals surface area contributed by atoms with Gasteiger partial charge in [-0.05, 0) is 75.8 Å². The van der Waals surface area contributed by atoms with E-state index < -0.39 is 0 Å². The van der Waals surface area contributed by atoms with Gasteiger partial charge in [0.05, 0.1) is 23.8 Å². The Hall–Kier alpha value is -1.58. The molecule has 2 aromatic carbocycles. The molecule has 0 bridgehead atoms. The largest absolute Gasteiger partial charge is 0.497 e. The maximum atomic E-state index is 6.22. The quantitative estimate of drug-likeness (QED) is 0.415. The molecule has 190 valence electrons. The van der Waals surface area contributed by atoms with Gasteiger partial charge in [0, 0.05) is 21.8 Å². The lowest BCUT2D eigenvalue weighted by Crippen LogP contribution is -2.25. The van der Waals surface area contributed by atoms with E-state index in [9.17, 15) is 0 Å². The standard InChI is InChI=1S/C23H30ClN3O.2ClH.3H2O/c1-5-27(6-2)13-7-8-16(3)25-23-19-11-9-17(24)14-22(19)26-21-12-10-18(28-4)15-20(21)23;;;;;/h9-12,14-16H,5-8,13H2,1-4H3,(H,25,26);2*1H;3*1H2. The molecule has 0 radical (unpaired) electrons. The number of aromatic nitrogens is 1. The zero-order valence-corrected chi connectivity index (χ0v) is 22.0. The SMILES string of the molecule is CCN(CC)CCCC(C)Nc1c2ccc(Cl)cc2nc2ccc(OC)cc12.Cl.Cl.O.O.O. The van der Waals surface area contributed by atoms with E-state index in [2.05, 4.69) is 43.1 Å². The van der Waals surface area contributed by atoms with Crippen molar-refractivity contribution in [2.45, 2.75) is 39.7 Å². The minimum Gasteiger partial charge on any atom is -0.497 e. The van der Waals surface area contributed by atoms with Crippen LogP contribution in [0.2, 0.25) is 5.02 Å². The first-order valence-corrected chi connectivity index (χ1v) is 10.5. The molecule has 3 rings (SSSR count). The molecular weight excluding hydrogens is 489 g/mol. The van der Waals surface area contributed by atoms with E-state index in [1.807, 2.05) is 24.3 Å². The van der Waals surface area contributed by atoms with Crippen LogP contribution in [-0.2, 0) is 0 Å². The number of rotatable bonds is 9. The fourth-order valence-electron chi connectivity index (χ4n) is 3.66. The number of pyridine rings is 1. The number of hydrogen-bond acceptors (Lipinski definition) is 4. The van der Waals surface area contributed by atoms with Crippen molar-refractivity contribution in [3.63, 3.8) is 0 Å². The Kier molecular flexibility index (Phi) is 18.5. The number of nitrogens with one attached hydrogen (secondary N) is 1. The molecule has 33 heavy (non-hydrogen) atoms. The molecule has 3 aromatic rings. The molecule has 0 amide bonds. The summed E-state index contributed by atoms with van der Waals surface area (Å²) in [5.41, 5.74) is 2.95. The summed E-state index contributed by atoms with van der Waals surface area (Å²) in [6, 6.07) is 12.3. The Morgan fingerprint density at radius 1 is 0.970 bits per heavy atom. The number of halogens is 3. The lowest BCUT2D eigenvalue weighted by atomic mass is 10.1.